The number of nitrogens with two attached hydrogens (primary N) is 1. The molecule has 0 amide bonds. The van der Waals surface area contributed by atoms with E-state index in [1.807, 2.05) is 54.6 Å². The lowest BCUT2D eigenvalue weighted by atomic mass is 10.2. The van der Waals surface area contributed by atoms with Crippen molar-refractivity contribution in [2.75, 3.05) is 6.61 Å². The third-order valence-corrected chi connectivity index (χ3v) is 3.63. The monoisotopic (exact) mass is 323 g/mol. The first-order valence-corrected chi connectivity index (χ1v) is 7.96. The average molecular weight is 323 g/mol. The van der Waals surface area contributed by atoms with Crippen molar-refractivity contribution in [2.24, 2.45) is 15.9 Å². The number of benzene rings is 2. The molecule has 0 atom stereocenters. The summed E-state index contributed by atoms with van der Waals surface area (Å²) in [7, 11) is 0. The van der Waals surface area contributed by atoms with Crippen LogP contribution in [0, 0.1) is 12.3 Å². The minimum Gasteiger partial charge on any atom is -0.481 e. The number of hydrogen-bond donors (Lipinski definition) is 1. The van der Waals surface area contributed by atoms with Crippen LogP contribution in [-0.2, 0) is 5.75 Å². The Kier molecular flexibility index (Phi) is 6.76. The molecule has 0 heterocycles. The summed E-state index contributed by atoms with van der Waals surface area (Å²) in [5.74, 6) is 3.89. The Bertz CT molecular complexity index is 721. The maximum Gasteiger partial charge on any atom is 0.180 e. The van der Waals surface area contributed by atoms with Crippen molar-refractivity contribution in [3.05, 3.63) is 65.7 Å². The third kappa shape index (κ3) is 6.29. The van der Waals surface area contributed by atoms with Crippen LogP contribution in [0.4, 0.5) is 0 Å². The molecule has 2 aromatic carbocycles. The first-order valence-electron chi connectivity index (χ1n) is 6.97. The quantitative estimate of drug-likeness (QED) is 0.384. The number of thioether (sulfide) groups is 1. The van der Waals surface area contributed by atoms with E-state index in [0.29, 0.717) is 10.9 Å². The maximum atomic E-state index is 5.83. The summed E-state index contributed by atoms with van der Waals surface area (Å²) in [5.41, 5.74) is 7.89. The van der Waals surface area contributed by atoms with Gasteiger partial charge in [0.05, 0.1) is 6.21 Å². The number of hydrogen-bond acceptors (Lipinski definition) is 4. The molecule has 0 aliphatic heterocycles. The van der Waals surface area contributed by atoms with E-state index in [2.05, 4.69) is 16.1 Å². The van der Waals surface area contributed by atoms with Crippen LogP contribution >= 0.6 is 11.8 Å². The number of terminal acetylenes is 1. The van der Waals surface area contributed by atoms with Gasteiger partial charge < -0.3 is 10.5 Å². The molecule has 0 bridgehead atoms. The first kappa shape index (κ1) is 16.7. The zero-order valence-electron chi connectivity index (χ0n) is 12.6. The lowest BCUT2D eigenvalue weighted by Gasteiger charge is -2.02. The summed E-state index contributed by atoms with van der Waals surface area (Å²) in [6, 6.07) is 17.5. The van der Waals surface area contributed by atoms with Gasteiger partial charge in [-0.25, -0.2) is 0 Å². The van der Waals surface area contributed by atoms with Crippen molar-refractivity contribution in [3.63, 3.8) is 0 Å². The molecule has 0 spiro atoms. The van der Waals surface area contributed by atoms with Crippen molar-refractivity contribution < 1.29 is 4.74 Å². The largest absolute Gasteiger partial charge is 0.481 e. The van der Waals surface area contributed by atoms with E-state index in [1.54, 1.807) is 6.21 Å². The van der Waals surface area contributed by atoms with Crippen LogP contribution in [0.25, 0.3) is 0 Å². The van der Waals surface area contributed by atoms with E-state index in [1.165, 1.54) is 17.3 Å². The van der Waals surface area contributed by atoms with E-state index in [4.69, 9.17) is 16.9 Å². The molecule has 0 aliphatic rings. The SMILES string of the molecule is C#CCOc1cccc(C=NN=C(N)SCc2ccccc2)c1. The highest BCUT2D eigenvalue weighted by Gasteiger charge is 1.96. The van der Waals surface area contributed by atoms with Gasteiger partial charge in [-0.3, -0.25) is 0 Å². The van der Waals surface area contributed by atoms with Gasteiger partial charge in [-0.05, 0) is 23.3 Å². The van der Waals surface area contributed by atoms with Gasteiger partial charge in [0.15, 0.2) is 5.17 Å². The van der Waals surface area contributed by atoms with Crippen LogP contribution in [-0.4, -0.2) is 18.0 Å². The molecule has 0 saturated heterocycles. The van der Waals surface area contributed by atoms with Crippen molar-refractivity contribution in [1.82, 2.24) is 0 Å². The Hall–Kier alpha value is -2.71. The fourth-order valence-corrected chi connectivity index (χ4v) is 2.33. The Labute approximate surface area is 140 Å². The molecule has 0 radical (unpaired) electrons. The maximum absolute atomic E-state index is 5.83. The van der Waals surface area contributed by atoms with Crippen molar-refractivity contribution in [2.45, 2.75) is 5.75 Å². The fourth-order valence-electron chi connectivity index (χ4n) is 1.72. The van der Waals surface area contributed by atoms with Gasteiger partial charge in [0.2, 0.25) is 0 Å². The van der Waals surface area contributed by atoms with E-state index in [-0.39, 0.29) is 6.61 Å². The number of rotatable bonds is 6. The predicted octanol–water partition coefficient (Wildman–Crippen LogP) is 3.28. The average Bonchev–Trinajstić information content (AvgIpc) is 2.59. The smallest absolute Gasteiger partial charge is 0.180 e. The molecule has 23 heavy (non-hydrogen) atoms. The van der Waals surface area contributed by atoms with Crippen LogP contribution in [0.1, 0.15) is 11.1 Å². The molecule has 2 N–H and O–H groups in total. The molecular weight excluding hydrogens is 306 g/mol. The lowest BCUT2D eigenvalue weighted by molar-refractivity contribution is 0.370. The second kappa shape index (κ2) is 9.34. The number of ether oxygens (including phenoxy) is 1. The lowest BCUT2D eigenvalue weighted by Crippen LogP contribution is -2.06. The highest BCUT2D eigenvalue weighted by Crippen LogP contribution is 2.13. The Morgan fingerprint density at radius 3 is 2.83 bits per heavy atom. The van der Waals surface area contributed by atoms with Crippen LogP contribution in [0.15, 0.2) is 64.8 Å². The first-order chi connectivity index (χ1) is 11.3. The molecule has 0 saturated carbocycles. The van der Waals surface area contributed by atoms with Gasteiger partial charge in [0.1, 0.15) is 12.4 Å². The second-order valence-corrected chi connectivity index (χ2v) is 5.52. The van der Waals surface area contributed by atoms with Gasteiger partial charge in [0, 0.05) is 5.75 Å². The topological polar surface area (TPSA) is 60.0 Å². The summed E-state index contributed by atoms with van der Waals surface area (Å²) in [6.45, 7) is 0.238. The van der Waals surface area contributed by atoms with Gasteiger partial charge in [-0.2, -0.15) is 5.10 Å². The number of amidine groups is 1. The van der Waals surface area contributed by atoms with E-state index in [0.717, 1.165) is 11.3 Å². The van der Waals surface area contributed by atoms with Gasteiger partial charge in [0.25, 0.3) is 0 Å². The Morgan fingerprint density at radius 1 is 1.22 bits per heavy atom. The molecule has 2 rings (SSSR count). The molecule has 116 valence electrons. The molecule has 0 aromatic heterocycles. The van der Waals surface area contributed by atoms with E-state index >= 15 is 0 Å². The summed E-state index contributed by atoms with van der Waals surface area (Å²) < 4.78 is 5.35. The molecule has 4 nitrogen and oxygen atoms in total. The summed E-state index contributed by atoms with van der Waals surface area (Å²) in [4.78, 5) is 0. The second-order valence-electron chi connectivity index (χ2n) is 4.52. The van der Waals surface area contributed by atoms with Crippen LogP contribution in [0.3, 0.4) is 0 Å². The van der Waals surface area contributed by atoms with Gasteiger partial charge in [-0.1, -0.05) is 60.1 Å². The van der Waals surface area contributed by atoms with Crippen LogP contribution in [0.5, 0.6) is 5.75 Å². The van der Waals surface area contributed by atoms with Crippen molar-refractivity contribution in [3.8, 4) is 18.1 Å². The van der Waals surface area contributed by atoms with Gasteiger partial charge >= 0.3 is 0 Å². The number of nitrogens with zero attached hydrogens (tertiary/aromatic N) is 2. The molecular formula is C18H17N3OS. The van der Waals surface area contributed by atoms with E-state index in [9.17, 15) is 0 Å². The van der Waals surface area contributed by atoms with Crippen molar-refractivity contribution in [1.29, 1.82) is 0 Å². The van der Waals surface area contributed by atoms with Crippen molar-refractivity contribution >= 4 is 23.1 Å². The highest BCUT2D eigenvalue weighted by molar-refractivity contribution is 8.13. The summed E-state index contributed by atoms with van der Waals surface area (Å²) >= 11 is 1.45. The minimum absolute atomic E-state index is 0.238. The molecule has 0 aliphatic carbocycles. The van der Waals surface area contributed by atoms with Crippen LogP contribution < -0.4 is 10.5 Å². The summed E-state index contributed by atoms with van der Waals surface area (Å²) in [6.07, 6.45) is 6.79. The minimum atomic E-state index is 0.238. The van der Waals surface area contributed by atoms with Gasteiger partial charge in [-0.15, -0.1) is 11.5 Å². The Morgan fingerprint density at radius 2 is 2.04 bits per heavy atom. The zero-order chi connectivity index (χ0) is 16.3. The highest BCUT2D eigenvalue weighted by atomic mass is 32.2. The molecule has 0 unspecified atom stereocenters. The molecule has 5 heteroatoms. The van der Waals surface area contributed by atoms with E-state index < -0.39 is 0 Å². The fraction of sp³-hybridized carbons (Fsp3) is 0.111. The standard InChI is InChI=1S/C18H17N3OS/c1-2-11-22-17-10-6-9-16(12-17)13-20-21-18(19)23-14-15-7-4-3-5-8-15/h1,3-10,12-13H,11,14H2,(H2,19,21). The summed E-state index contributed by atoms with van der Waals surface area (Å²) in [5, 5.41) is 8.40. The predicted molar refractivity (Wildman–Crippen MR) is 97.7 cm³/mol. The normalized spacial score (nSPS) is 11.3. The van der Waals surface area contributed by atoms with Crippen LogP contribution in [0.2, 0.25) is 0 Å². The molecule has 2 aromatic rings. The zero-order valence-corrected chi connectivity index (χ0v) is 13.4. The molecule has 0 fully saturated rings. The third-order valence-electron chi connectivity index (χ3n) is 2.77. The Balaban J connectivity index is 1.88.